The van der Waals surface area contributed by atoms with E-state index in [1.54, 1.807) is 18.2 Å². The second-order valence-electron chi connectivity index (χ2n) is 5.54. The Morgan fingerprint density at radius 3 is 2.57 bits per heavy atom. The average Bonchev–Trinajstić information content (AvgIpc) is 2.77. The van der Waals surface area contributed by atoms with Crippen molar-refractivity contribution in [1.82, 2.24) is 0 Å². The fourth-order valence-corrected chi connectivity index (χ4v) is 4.28. The van der Waals surface area contributed by atoms with Crippen molar-refractivity contribution in [3.05, 3.63) is 23.8 Å². The van der Waals surface area contributed by atoms with Gasteiger partial charge in [-0.2, -0.15) is 0 Å². The van der Waals surface area contributed by atoms with Gasteiger partial charge in [0.05, 0.1) is 16.1 Å². The number of anilines is 1. The zero-order chi connectivity index (χ0) is 15.7. The Kier molecular flexibility index (Phi) is 4.39. The first-order valence-electron chi connectivity index (χ1n) is 7.25. The van der Waals surface area contributed by atoms with Gasteiger partial charge in [0.15, 0.2) is 9.84 Å². The minimum absolute atomic E-state index is 0.148. The van der Waals surface area contributed by atoms with Gasteiger partial charge in [-0.1, -0.05) is 19.9 Å². The van der Waals surface area contributed by atoms with E-state index in [0.717, 1.165) is 5.56 Å². The van der Waals surface area contributed by atoms with Crippen LogP contribution in [0.4, 0.5) is 5.69 Å². The van der Waals surface area contributed by atoms with Gasteiger partial charge in [0.2, 0.25) is 5.91 Å². The fraction of sp³-hybridized carbons (Fsp3) is 0.533. The van der Waals surface area contributed by atoms with Crippen molar-refractivity contribution in [2.24, 2.45) is 11.1 Å². The Morgan fingerprint density at radius 1 is 1.33 bits per heavy atom. The van der Waals surface area contributed by atoms with Gasteiger partial charge in [0.1, 0.15) is 0 Å². The summed E-state index contributed by atoms with van der Waals surface area (Å²) in [7, 11) is -3.19. The zero-order valence-electron chi connectivity index (χ0n) is 12.5. The summed E-state index contributed by atoms with van der Waals surface area (Å²) in [4.78, 5) is 12.8. The van der Waals surface area contributed by atoms with Crippen LogP contribution in [0.3, 0.4) is 0 Å². The normalized spacial score (nSPS) is 16.5. The van der Waals surface area contributed by atoms with Gasteiger partial charge in [0.25, 0.3) is 0 Å². The standard InChI is InChI=1S/C15H22N2O3S/c1-3-15(4-2,10-16)14(18)17-12-6-5-11-7-8-21(19,20)13(11)9-12/h5-6,9H,3-4,7-8,10,16H2,1-2H3,(H,17,18). The Labute approximate surface area is 125 Å². The molecule has 0 atom stereocenters. The first-order valence-corrected chi connectivity index (χ1v) is 8.91. The summed E-state index contributed by atoms with van der Waals surface area (Å²) in [6.07, 6.45) is 1.84. The third-order valence-corrected chi connectivity index (χ3v) is 6.32. The number of fused-ring (bicyclic) bond motifs is 1. The molecule has 0 bridgehead atoms. The second-order valence-corrected chi connectivity index (χ2v) is 7.61. The van der Waals surface area contributed by atoms with Crippen molar-refractivity contribution in [2.45, 2.75) is 38.0 Å². The van der Waals surface area contributed by atoms with E-state index in [2.05, 4.69) is 5.32 Å². The first-order chi connectivity index (χ1) is 9.88. The fourth-order valence-electron chi connectivity index (χ4n) is 2.70. The number of hydrogen-bond donors (Lipinski definition) is 2. The highest BCUT2D eigenvalue weighted by molar-refractivity contribution is 7.91. The Bertz CT molecular complexity index is 641. The van der Waals surface area contributed by atoms with Gasteiger partial charge in [-0.3, -0.25) is 4.79 Å². The maximum absolute atomic E-state index is 12.4. The highest BCUT2D eigenvalue weighted by Crippen LogP contribution is 2.31. The van der Waals surface area contributed by atoms with E-state index >= 15 is 0 Å². The Hall–Kier alpha value is -1.40. The Morgan fingerprint density at radius 2 is 2.00 bits per heavy atom. The maximum Gasteiger partial charge on any atom is 0.231 e. The summed E-state index contributed by atoms with van der Waals surface area (Å²) < 4.78 is 23.8. The summed E-state index contributed by atoms with van der Waals surface area (Å²) in [6, 6.07) is 5.09. The van der Waals surface area contributed by atoms with Crippen LogP contribution < -0.4 is 11.1 Å². The molecule has 0 spiro atoms. The number of rotatable bonds is 5. The van der Waals surface area contributed by atoms with Crippen LogP contribution in [0.15, 0.2) is 23.1 Å². The van der Waals surface area contributed by atoms with Crippen LogP contribution in [0.2, 0.25) is 0 Å². The lowest BCUT2D eigenvalue weighted by Crippen LogP contribution is -2.41. The molecule has 0 unspecified atom stereocenters. The van der Waals surface area contributed by atoms with Gasteiger partial charge >= 0.3 is 0 Å². The van der Waals surface area contributed by atoms with E-state index in [0.29, 0.717) is 29.8 Å². The lowest BCUT2D eigenvalue weighted by Gasteiger charge is -2.28. The predicted octanol–water partition coefficient (Wildman–Crippen LogP) is 1.72. The molecule has 1 amide bonds. The summed E-state index contributed by atoms with van der Waals surface area (Å²) >= 11 is 0. The van der Waals surface area contributed by atoms with Crippen LogP contribution >= 0.6 is 0 Å². The molecule has 0 radical (unpaired) electrons. The molecule has 1 aromatic carbocycles. The number of hydrogen-bond acceptors (Lipinski definition) is 4. The number of nitrogens with two attached hydrogens (primary N) is 1. The largest absolute Gasteiger partial charge is 0.329 e. The van der Waals surface area contributed by atoms with E-state index in [4.69, 9.17) is 5.73 Å². The molecule has 6 heteroatoms. The number of sulfone groups is 1. The van der Waals surface area contributed by atoms with Crippen LogP contribution in [0.5, 0.6) is 0 Å². The predicted molar refractivity (Wildman–Crippen MR) is 82.9 cm³/mol. The van der Waals surface area contributed by atoms with Crippen LogP contribution in [0.1, 0.15) is 32.3 Å². The summed E-state index contributed by atoms with van der Waals surface area (Å²) in [5, 5.41) is 2.82. The van der Waals surface area contributed by atoms with Crippen molar-refractivity contribution in [1.29, 1.82) is 0 Å². The molecule has 3 N–H and O–H groups in total. The van der Waals surface area contributed by atoms with Crippen molar-refractivity contribution >= 4 is 21.4 Å². The summed E-state index contributed by atoms with van der Waals surface area (Å²) in [6.45, 7) is 4.14. The molecule has 21 heavy (non-hydrogen) atoms. The van der Waals surface area contributed by atoms with Crippen LogP contribution in [-0.4, -0.2) is 26.6 Å². The van der Waals surface area contributed by atoms with E-state index < -0.39 is 15.3 Å². The van der Waals surface area contributed by atoms with E-state index in [1.807, 2.05) is 13.8 Å². The number of carbonyl (C=O) groups is 1. The molecule has 2 rings (SSSR count). The van der Waals surface area contributed by atoms with Crippen LogP contribution in [-0.2, 0) is 21.1 Å². The zero-order valence-corrected chi connectivity index (χ0v) is 13.3. The van der Waals surface area contributed by atoms with Gasteiger partial charge in [-0.15, -0.1) is 0 Å². The Balaban J connectivity index is 2.28. The topological polar surface area (TPSA) is 89.3 Å². The molecule has 1 aliphatic rings. The number of aryl methyl sites for hydroxylation is 1. The average molecular weight is 310 g/mol. The molecule has 0 saturated heterocycles. The minimum atomic E-state index is -3.19. The van der Waals surface area contributed by atoms with Crippen molar-refractivity contribution < 1.29 is 13.2 Å². The number of benzene rings is 1. The van der Waals surface area contributed by atoms with Crippen molar-refractivity contribution in [3.63, 3.8) is 0 Å². The molecule has 1 aromatic rings. The maximum atomic E-state index is 12.4. The molecule has 0 saturated carbocycles. The highest BCUT2D eigenvalue weighted by atomic mass is 32.2. The molecular weight excluding hydrogens is 288 g/mol. The monoisotopic (exact) mass is 310 g/mol. The molecule has 0 aromatic heterocycles. The first kappa shape index (κ1) is 16.0. The van der Waals surface area contributed by atoms with E-state index in [-0.39, 0.29) is 18.2 Å². The van der Waals surface area contributed by atoms with Crippen LogP contribution in [0.25, 0.3) is 0 Å². The molecule has 1 aliphatic heterocycles. The molecule has 0 aliphatic carbocycles. The number of amides is 1. The summed E-state index contributed by atoms with van der Waals surface area (Å²) in [5.74, 6) is 0.00137. The SMILES string of the molecule is CCC(CC)(CN)C(=O)Nc1ccc2c(c1)S(=O)(=O)CC2. The lowest BCUT2D eigenvalue weighted by molar-refractivity contribution is -0.125. The van der Waals surface area contributed by atoms with Crippen LogP contribution in [0, 0.1) is 5.41 Å². The molecule has 1 heterocycles. The van der Waals surface area contributed by atoms with Crippen molar-refractivity contribution in [2.75, 3.05) is 17.6 Å². The third kappa shape index (κ3) is 2.82. The second kappa shape index (κ2) is 5.77. The minimum Gasteiger partial charge on any atom is -0.329 e. The smallest absolute Gasteiger partial charge is 0.231 e. The molecule has 0 fully saturated rings. The molecular formula is C15H22N2O3S. The van der Waals surface area contributed by atoms with Gasteiger partial charge in [-0.05, 0) is 37.0 Å². The van der Waals surface area contributed by atoms with Gasteiger partial charge in [0, 0.05) is 12.2 Å². The quantitative estimate of drug-likeness (QED) is 0.866. The van der Waals surface area contributed by atoms with Crippen molar-refractivity contribution in [3.8, 4) is 0 Å². The van der Waals surface area contributed by atoms with E-state index in [1.165, 1.54) is 0 Å². The summed E-state index contributed by atoms with van der Waals surface area (Å²) in [5.41, 5.74) is 6.50. The van der Waals surface area contributed by atoms with Gasteiger partial charge in [-0.25, -0.2) is 8.42 Å². The number of carbonyl (C=O) groups excluding carboxylic acids is 1. The third-order valence-electron chi connectivity index (χ3n) is 4.53. The molecule has 116 valence electrons. The highest BCUT2D eigenvalue weighted by Gasteiger charge is 2.34. The van der Waals surface area contributed by atoms with Gasteiger partial charge < -0.3 is 11.1 Å². The number of nitrogens with one attached hydrogen (secondary N) is 1. The lowest BCUT2D eigenvalue weighted by atomic mass is 9.81. The molecule has 5 nitrogen and oxygen atoms in total. The van der Waals surface area contributed by atoms with E-state index in [9.17, 15) is 13.2 Å².